The van der Waals surface area contributed by atoms with Crippen molar-refractivity contribution in [2.45, 2.75) is 0 Å². The number of ether oxygens (including phenoxy) is 1. The number of halogens is 1. The van der Waals surface area contributed by atoms with E-state index in [1.54, 1.807) is 5.38 Å². The number of carbonyl (C=O) groups excluding carboxylic acids is 1. The summed E-state index contributed by atoms with van der Waals surface area (Å²) in [5, 5.41) is 4.20. The minimum Gasteiger partial charge on any atom is -0.364 e. The molecule has 0 saturated carbocycles. The van der Waals surface area contributed by atoms with Crippen LogP contribution in [0.3, 0.4) is 0 Å². The Hall–Kier alpha value is -0.460. The number of carbonyl (C=O) groups is 1. The second-order valence-electron chi connectivity index (χ2n) is 1.92. The highest BCUT2D eigenvalue weighted by atomic mass is 79.9. The molecule has 0 aliphatic rings. The van der Waals surface area contributed by atoms with Gasteiger partial charge in [0.1, 0.15) is 12.4 Å². The summed E-state index contributed by atoms with van der Waals surface area (Å²) in [6.07, 6.45) is 0. The Balaban J connectivity index is 2.53. The van der Waals surface area contributed by atoms with Crippen LogP contribution in [0.25, 0.3) is 0 Å². The number of hydrogen-bond acceptors (Lipinski definition) is 4. The van der Waals surface area contributed by atoms with Crippen molar-refractivity contribution in [2.24, 2.45) is 0 Å². The van der Waals surface area contributed by atoms with Crippen LogP contribution in [0.4, 0.5) is 0 Å². The van der Waals surface area contributed by atoms with E-state index >= 15 is 0 Å². The SMILES string of the molecule is COCNC(=O)c1csc(Br)n1. The molecule has 1 aromatic heterocycles. The summed E-state index contributed by atoms with van der Waals surface area (Å²) < 4.78 is 5.37. The second kappa shape index (κ2) is 4.54. The van der Waals surface area contributed by atoms with Gasteiger partial charge >= 0.3 is 0 Å². The van der Waals surface area contributed by atoms with Crippen molar-refractivity contribution in [3.05, 3.63) is 15.0 Å². The number of hydrogen-bond donors (Lipinski definition) is 1. The second-order valence-corrected chi connectivity index (χ2v) is 4.06. The van der Waals surface area contributed by atoms with Gasteiger partial charge in [0.25, 0.3) is 5.91 Å². The van der Waals surface area contributed by atoms with E-state index in [-0.39, 0.29) is 12.6 Å². The molecule has 1 amide bonds. The van der Waals surface area contributed by atoms with E-state index in [0.29, 0.717) is 9.61 Å². The molecule has 6 heteroatoms. The van der Waals surface area contributed by atoms with Crippen LogP contribution >= 0.6 is 27.3 Å². The molecule has 4 nitrogen and oxygen atoms in total. The number of nitrogens with zero attached hydrogens (tertiary/aromatic N) is 1. The highest BCUT2D eigenvalue weighted by molar-refractivity contribution is 9.11. The first-order valence-electron chi connectivity index (χ1n) is 3.12. The maximum absolute atomic E-state index is 11.1. The lowest BCUT2D eigenvalue weighted by atomic mass is 10.5. The Morgan fingerprint density at radius 3 is 3.17 bits per heavy atom. The van der Waals surface area contributed by atoms with Crippen LogP contribution in [0.15, 0.2) is 9.30 Å². The molecule has 1 aromatic rings. The van der Waals surface area contributed by atoms with Gasteiger partial charge in [0.05, 0.1) is 0 Å². The Bertz CT molecular complexity index is 276. The summed E-state index contributed by atoms with van der Waals surface area (Å²) in [6, 6.07) is 0. The van der Waals surface area contributed by atoms with Crippen molar-refractivity contribution in [1.29, 1.82) is 0 Å². The highest BCUT2D eigenvalue weighted by Gasteiger charge is 2.07. The molecule has 1 rings (SSSR count). The van der Waals surface area contributed by atoms with Gasteiger partial charge in [-0.2, -0.15) is 0 Å². The van der Waals surface area contributed by atoms with E-state index in [0.717, 1.165) is 0 Å². The van der Waals surface area contributed by atoms with Crippen molar-refractivity contribution < 1.29 is 9.53 Å². The molecule has 0 radical (unpaired) electrons. The van der Waals surface area contributed by atoms with E-state index < -0.39 is 0 Å². The zero-order valence-corrected chi connectivity index (χ0v) is 8.74. The van der Waals surface area contributed by atoms with Crippen molar-refractivity contribution in [3.8, 4) is 0 Å². The average Bonchev–Trinajstić information content (AvgIpc) is 2.47. The summed E-state index contributed by atoms with van der Waals surface area (Å²) in [5.41, 5.74) is 0.406. The maximum atomic E-state index is 11.1. The third kappa shape index (κ3) is 2.54. The Morgan fingerprint density at radius 1 is 1.92 bits per heavy atom. The predicted molar refractivity (Wildman–Crippen MR) is 49.2 cm³/mol. The fraction of sp³-hybridized carbons (Fsp3) is 0.333. The largest absolute Gasteiger partial charge is 0.364 e. The van der Waals surface area contributed by atoms with Crippen LogP contribution in [-0.2, 0) is 4.74 Å². The van der Waals surface area contributed by atoms with Gasteiger partial charge in [-0.3, -0.25) is 4.79 Å². The van der Waals surface area contributed by atoms with Crippen molar-refractivity contribution in [1.82, 2.24) is 10.3 Å². The molecule has 0 aliphatic heterocycles. The number of amides is 1. The first kappa shape index (κ1) is 9.63. The number of aromatic nitrogens is 1. The lowest BCUT2D eigenvalue weighted by Crippen LogP contribution is -2.25. The topological polar surface area (TPSA) is 51.2 Å². The normalized spacial score (nSPS) is 9.83. The minimum atomic E-state index is -0.223. The molecular weight excluding hydrogens is 244 g/mol. The van der Waals surface area contributed by atoms with E-state index in [2.05, 4.69) is 31.0 Å². The summed E-state index contributed by atoms with van der Waals surface area (Å²) in [5.74, 6) is -0.223. The third-order valence-corrected chi connectivity index (χ3v) is 2.45. The molecule has 0 bridgehead atoms. The van der Waals surface area contributed by atoms with Crippen molar-refractivity contribution >= 4 is 33.2 Å². The molecule has 0 aliphatic carbocycles. The van der Waals surface area contributed by atoms with E-state index in [9.17, 15) is 4.79 Å². The zero-order valence-electron chi connectivity index (χ0n) is 6.33. The van der Waals surface area contributed by atoms with Gasteiger partial charge in [-0.25, -0.2) is 4.98 Å². The van der Waals surface area contributed by atoms with Gasteiger partial charge in [-0.05, 0) is 15.9 Å². The smallest absolute Gasteiger partial charge is 0.272 e. The van der Waals surface area contributed by atoms with Gasteiger partial charge in [-0.1, -0.05) is 0 Å². The highest BCUT2D eigenvalue weighted by Crippen LogP contribution is 2.15. The van der Waals surface area contributed by atoms with Gasteiger partial charge < -0.3 is 10.1 Å². The molecule has 1 N–H and O–H groups in total. The maximum Gasteiger partial charge on any atom is 0.272 e. The van der Waals surface area contributed by atoms with E-state index in [4.69, 9.17) is 0 Å². The molecule has 0 atom stereocenters. The molecule has 1 heterocycles. The van der Waals surface area contributed by atoms with E-state index in [1.165, 1.54) is 18.4 Å². The van der Waals surface area contributed by atoms with Crippen molar-refractivity contribution in [3.63, 3.8) is 0 Å². The summed E-state index contributed by atoms with van der Waals surface area (Å²) >= 11 is 4.53. The molecule has 0 aromatic carbocycles. The van der Waals surface area contributed by atoms with Crippen LogP contribution < -0.4 is 5.32 Å². The molecular formula is C6H7BrN2O2S. The van der Waals surface area contributed by atoms with Crippen LogP contribution in [0.2, 0.25) is 0 Å². The first-order chi connectivity index (χ1) is 5.74. The predicted octanol–water partition coefficient (Wildman–Crippen LogP) is 1.24. The minimum absolute atomic E-state index is 0.202. The van der Waals surface area contributed by atoms with Crippen LogP contribution in [-0.4, -0.2) is 24.7 Å². The summed E-state index contributed by atoms with van der Waals surface area (Å²) in [6.45, 7) is 0.202. The monoisotopic (exact) mass is 250 g/mol. The van der Waals surface area contributed by atoms with Crippen LogP contribution in [0, 0.1) is 0 Å². The quantitative estimate of drug-likeness (QED) is 0.822. The van der Waals surface area contributed by atoms with E-state index in [1.807, 2.05) is 0 Å². The van der Waals surface area contributed by atoms with Gasteiger partial charge in [0.15, 0.2) is 3.92 Å². The molecule has 12 heavy (non-hydrogen) atoms. The summed E-state index contributed by atoms with van der Waals surface area (Å²) in [4.78, 5) is 15.1. The lowest BCUT2D eigenvalue weighted by Gasteiger charge is -1.99. The van der Waals surface area contributed by atoms with Crippen molar-refractivity contribution in [2.75, 3.05) is 13.8 Å². The fourth-order valence-electron chi connectivity index (χ4n) is 0.584. The standard InChI is InChI=1S/C6H7BrN2O2S/c1-11-3-8-5(10)4-2-12-6(7)9-4/h2H,3H2,1H3,(H,8,10). The van der Waals surface area contributed by atoms with Gasteiger partial charge in [0, 0.05) is 12.5 Å². The Morgan fingerprint density at radius 2 is 2.67 bits per heavy atom. The average molecular weight is 251 g/mol. The molecule has 0 fully saturated rings. The molecule has 0 unspecified atom stereocenters. The van der Waals surface area contributed by atoms with Crippen LogP contribution in [0.5, 0.6) is 0 Å². The van der Waals surface area contributed by atoms with Crippen LogP contribution in [0.1, 0.15) is 10.5 Å². The van der Waals surface area contributed by atoms with Gasteiger partial charge in [0.2, 0.25) is 0 Å². The number of methoxy groups -OCH3 is 1. The Labute approximate surface area is 82.1 Å². The summed E-state index contributed by atoms with van der Waals surface area (Å²) in [7, 11) is 1.51. The number of nitrogens with one attached hydrogen (secondary N) is 1. The number of rotatable bonds is 3. The first-order valence-corrected chi connectivity index (χ1v) is 4.79. The fourth-order valence-corrected chi connectivity index (χ4v) is 1.58. The molecule has 0 saturated heterocycles. The number of thiazole rings is 1. The zero-order chi connectivity index (χ0) is 8.97. The Kier molecular flexibility index (Phi) is 3.64. The van der Waals surface area contributed by atoms with Gasteiger partial charge in [-0.15, -0.1) is 11.3 Å². The lowest BCUT2D eigenvalue weighted by molar-refractivity contribution is 0.0868. The molecule has 66 valence electrons. The third-order valence-electron chi connectivity index (χ3n) is 1.09. The molecule has 0 spiro atoms.